The number of carboxylic acids is 1. The maximum absolute atomic E-state index is 13.3. The summed E-state index contributed by atoms with van der Waals surface area (Å²) in [6.45, 7) is 6.75. The number of carbonyl (C=O) groups is 2. The lowest BCUT2D eigenvalue weighted by atomic mass is 9.94. The first-order chi connectivity index (χ1) is 18.5. The lowest BCUT2D eigenvalue weighted by Crippen LogP contribution is -2.25. The first kappa shape index (κ1) is 36.9. The standard InChI is InChI=1S/C34H66O4/c1-4-7-10-13-17-22-27-31(26-21-12-9-6-3)34(37)38-32(28-23-18-14-11-8-5-2)29-24-19-15-16-20-25-30-33(35)36/h31-32H,4-30H2,1-3H3,(H,35,36). The highest BCUT2D eigenvalue weighted by Gasteiger charge is 2.23. The van der Waals surface area contributed by atoms with E-state index in [1.54, 1.807) is 0 Å². The molecule has 0 spiro atoms. The number of esters is 1. The van der Waals surface area contributed by atoms with Crippen LogP contribution >= 0.6 is 0 Å². The Labute approximate surface area is 237 Å². The molecule has 2 atom stereocenters. The van der Waals surface area contributed by atoms with Gasteiger partial charge >= 0.3 is 11.9 Å². The molecule has 0 heterocycles. The Morgan fingerprint density at radius 3 is 1.26 bits per heavy atom. The van der Waals surface area contributed by atoms with Crippen molar-refractivity contribution in [3.8, 4) is 0 Å². The zero-order chi connectivity index (χ0) is 28.1. The fourth-order valence-corrected chi connectivity index (χ4v) is 5.40. The van der Waals surface area contributed by atoms with Crippen LogP contribution in [0.15, 0.2) is 0 Å². The van der Waals surface area contributed by atoms with Crippen molar-refractivity contribution in [2.24, 2.45) is 5.92 Å². The molecule has 4 nitrogen and oxygen atoms in total. The lowest BCUT2D eigenvalue weighted by Gasteiger charge is -2.22. The molecular weight excluding hydrogens is 472 g/mol. The van der Waals surface area contributed by atoms with E-state index in [0.717, 1.165) is 83.5 Å². The summed E-state index contributed by atoms with van der Waals surface area (Å²) in [5.41, 5.74) is 0. The normalized spacial score (nSPS) is 12.9. The fourth-order valence-electron chi connectivity index (χ4n) is 5.40. The Morgan fingerprint density at radius 2 is 0.842 bits per heavy atom. The summed E-state index contributed by atoms with van der Waals surface area (Å²) in [5.74, 6) is -0.524. The Morgan fingerprint density at radius 1 is 0.500 bits per heavy atom. The van der Waals surface area contributed by atoms with Gasteiger partial charge in [0, 0.05) is 6.42 Å². The molecule has 0 aliphatic carbocycles. The van der Waals surface area contributed by atoms with Gasteiger partial charge in [-0.05, 0) is 44.9 Å². The van der Waals surface area contributed by atoms with E-state index in [2.05, 4.69) is 20.8 Å². The molecule has 0 radical (unpaired) electrons. The molecule has 0 saturated heterocycles. The van der Waals surface area contributed by atoms with E-state index < -0.39 is 5.97 Å². The van der Waals surface area contributed by atoms with Crippen molar-refractivity contribution in [1.29, 1.82) is 0 Å². The van der Waals surface area contributed by atoms with Crippen molar-refractivity contribution >= 4 is 11.9 Å². The molecular formula is C34H66O4. The molecule has 0 fully saturated rings. The van der Waals surface area contributed by atoms with Crippen LogP contribution in [0.3, 0.4) is 0 Å². The minimum atomic E-state index is -0.690. The topological polar surface area (TPSA) is 63.6 Å². The van der Waals surface area contributed by atoms with Gasteiger partial charge in [0.15, 0.2) is 0 Å². The number of hydrogen-bond donors (Lipinski definition) is 1. The smallest absolute Gasteiger partial charge is 0.309 e. The minimum Gasteiger partial charge on any atom is -0.481 e. The third-order valence-electron chi connectivity index (χ3n) is 7.97. The Bertz CT molecular complexity index is 519. The van der Waals surface area contributed by atoms with Crippen molar-refractivity contribution in [3.05, 3.63) is 0 Å². The van der Waals surface area contributed by atoms with E-state index in [0.29, 0.717) is 0 Å². The van der Waals surface area contributed by atoms with E-state index >= 15 is 0 Å². The van der Waals surface area contributed by atoms with Crippen molar-refractivity contribution in [1.82, 2.24) is 0 Å². The second kappa shape index (κ2) is 28.9. The second-order valence-electron chi connectivity index (χ2n) is 11.8. The molecule has 0 aromatic rings. The number of carboxylic acid groups (broad SMARTS) is 1. The predicted octanol–water partition coefficient (Wildman–Crippen LogP) is 11.2. The van der Waals surface area contributed by atoms with Crippen LogP contribution in [-0.4, -0.2) is 23.1 Å². The summed E-state index contributed by atoms with van der Waals surface area (Å²) >= 11 is 0. The first-order valence-electron chi connectivity index (χ1n) is 17.0. The van der Waals surface area contributed by atoms with Crippen LogP contribution in [0.25, 0.3) is 0 Å². The average Bonchev–Trinajstić information content (AvgIpc) is 2.90. The van der Waals surface area contributed by atoms with Gasteiger partial charge in [0.2, 0.25) is 0 Å². The molecule has 0 aliphatic rings. The van der Waals surface area contributed by atoms with Gasteiger partial charge in [-0.1, -0.05) is 143 Å². The van der Waals surface area contributed by atoms with Gasteiger partial charge in [-0.25, -0.2) is 0 Å². The van der Waals surface area contributed by atoms with Crippen LogP contribution in [0, 0.1) is 5.92 Å². The van der Waals surface area contributed by atoms with E-state index in [-0.39, 0.29) is 24.4 Å². The van der Waals surface area contributed by atoms with Crippen molar-refractivity contribution in [2.75, 3.05) is 0 Å². The van der Waals surface area contributed by atoms with Gasteiger partial charge in [-0.3, -0.25) is 9.59 Å². The average molecular weight is 539 g/mol. The second-order valence-corrected chi connectivity index (χ2v) is 11.8. The highest BCUT2D eigenvalue weighted by molar-refractivity contribution is 5.72. The summed E-state index contributed by atoms with van der Waals surface area (Å²) in [5, 5.41) is 8.78. The zero-order valence-corrected chi connectivity index (χ0v) is 25.9. The molecule has 0 saturated carbocycles. The SMILES string of the molecule is CCCCCCCCC(CCCCCCCCC(=O)O)OC(=O)C(CCCCCC)CCCCCCCC. The lowest BCUT2D eigenvalue weighted by molar-refractivity contribution is -0.155. The zero-order valence-electron chi connectivity index (χ0n) is 25.9. The largest absolute Gasteiger partial charge is 0.481 e. The molecule has 2 unspecified atom stereocenters. The van der Waals surface area contributed by atoms with Gasteiger partial charge in [-0.2, -0.15) is 0 Å². The third-order valence-corrected chi connectivity index (χ3v) is 7.97. The summed E-state index contributed by atoms with van der Waals surface area (Å²) < 4.78 is 6.26. The number of carbonyl (C=O) groups excluding carboxylic acids is 1. The Kier molecular flexibility index (Phi) is 28.1. The summed E-state index contributed by atoms with van der Waals surface area (Å²) in [4.78, 5) is 24.0. The van der Waals surface area contributed by atoms with Crippen LogP contribution in [0.5, 0.6) is 0 Å². The number of hydrogen-bond acceptors (Lipinski definition) is 3. The van der Waals surface area contributed by atoms with E-state index in [4.69, 9.17) is 9.84 Å². The Hall–Kier alpha value is -1.06. The van der Waals surface area contributed by atoms with Gasteiger partial charge in [0.25, 0.3) is 0 Å². The quantitative estimate of drug-likeness (QED) is 0.0729. The van der Waals surface area contributed by atoms with Gasteiger partial charge in [-0.15, -0.1) is 0 Å². The molecule has 0 aromatic carbocycles. The maximum Gasteiger partial charge on any atom is 0.309 e. The van der Waals surface area contributed by atoms with E-state index in [1.807, 2.05) is 0 Å². The molecule has 226 valence electrons. The number of rotatable bonds is 30. The van der Waals surface area contributed by atoms with Gasteiger partial charge in [0.05, 0.1) is 5.92 Å². The monoisotopic (exact) mass is 538 g/mol. The molecule has 1 N–H and O–H groups in total. The van der Waals surface area contributed by atoms with Crippen LogP contribution in [0.1, 0.15) is 194 Å². The van der Waals surface area contributed by atoms with Gasteiger partial charge in [0.1, 0.15) is 6.10 Å². The van der Waals surface area contributed by atoms with Crippen molar-refractivity contribution in [3.63, 3.8) is 0 Å². The summed E-state index contributed by atoms with van der Waals surface area (Å²) in [7, 11) is 0. The van der Waals surface area contributed by atoms with Crippen molar-refractivity contribution in [2.45, 2.75) is 200 Å². The summed E-state index contributed by atoms with van der Waals surface area (Å²) in [6.07, 6.45) is 30.7. The highest BCUT2D eigenvalue weighted by atomic mass is 16.5. The predicted molar refractivity (Wildman–Crippen MR) is 163 cm³/mol. The highest BCUT2D eigenvalue weighted by Crippen LogP contribution is 2.24. The molecule has 4 heteroatoms. The number of ether oxygens (including phenoxy) is 1. The van der Waals surface area contributed by atoms with E-state index in [1.165, 1.54) is 83.5 Å². The fraction of sp³-hybridized carbons (Fsp3) is 0.941. The molecule has 0 amide bonds. The Balaban J connectivity index is 4.68. The maximum atomic E-state index is 13.3. The minimum absolute atomic E-state index is 0.0726. The van der Waals surface area contributed by atoms with E-state index in [9.17, 15) is 9.59 Å². The molecule has 0 aliphatic heterocycles. The van der Waals surface area contributed by atoms with Crippen LogP contribution in [0.2, 0.25) is 0 Å². The number of unbranched alkanes of at least 4 members (excludes halogenated alkanes) is 18. The summed E-state index contributed by atoms with van der Waals surface area (Å²) in [6, 6.07) is 0. The molecule has 0 aromatic heterocycles. The van der Waals surface area contributed by atoms with Crippen LogP contribution in [0.4, 0.5) is 0 Å². The molecule has 0 bridgehead atoms. The van der Waals surface area contributed by atoms with Crippen molar-refractivity contribution < 1.29 is 19.4 Å². The third kappa shape index (κ3) is 25.2. The molecule has 0 rings (SSSR count). The van der Waals surface area contributed by atoms with Gasteiger partial charge < -0.3 is 9.84 Å². The molecule has 38 heavy (non-hydrogen) atoms. The number of aliphatic carboxylic acids is 1. The van der Waals surface area contributed by atoms with Crippen LogP contribution in [-0.2, 0) is 14.3 Å². The van der Waals surface area contributed by atoms with Crippen LogP contribution < -0.4 is 0 Å². The first-order valence-corrected chi connectivity index (χ1v) is 17.0.